The van der Waals surface area contributed by atoms with Gasteiger partial charge in [-0.25, -0.2) is 9.97 Å². The Morgan fingerprint density at radius 3 is 2.89 bits per heavy atom. The molecule has 0 unspecified atom stereocenters. The summed E-state index contributed by atoms with van der Waals surface area (Å²) in [7, 11) is 2.11. The molecule has 0 radical (unpaired) electrons. The number of aryl methyl sites for hydroxylation is 1. The van der Waals surface area contributed by atoms with Crippen LogP contribution in [0.15, 0.2) is 66.9 Å². The molecule has 0 spiro atoms. The van der Waals surface area contributed by atoms with E-state index in [0.29, 0.717) is 12.6 Å². The van der Waals surface area contributed by atoms with Gasteiger partial charge in [0.15, 0.2) is 0 Å². The van der Waals surface area contributed by atoms with Crippen molar-refractivity contribution in [2.24, 2.45) is 0 Å². The van der Waals surface area contributed by atoms with Gasteiger partial charge in [0.25, 0.3) is 0 Å². The largest absolute Gasteiger partial charge is 0.490 e. The number of anilines is 2. The van der Waals surface area contributed by atoms with Crippen LogP contribution >= 0.6 is 0 Å². The van der Waals surface area contributed by atoms with Gasteiger partial charge < -0.3 is 10.1 Å². The molecule has 0 aliphatic carbocycles. The first-order valence-electron chi connectivity index (χ1n) is 9.44. The Kier molecular flexibility index (Phi) is 5.35. The van der Waals surface area contributed by atoms with Crippen LogP contribution < -0.4 is 10.1 Å². The number of nitrogens with zero attached hydrogens (tertiary/aromatic N) is 3. The predicted molar refractivity (Wildman–Crippen MR) is 113 cm³/mol. The normalized spacial score (nSPS) is 15.8. The molecular formula is C23H24N4O. The van der Waals surface area contributed by atoms with Crippen LogP contribution in [0.3, 0.4) is 0 Å². The van der Waals surface area contributed by atoms with Gasteiger partial charge in [0.2, 0.25) is 5.95 Å². The maximum absolute atomic E-state index is 5.89. The minimum atomic E-state index is 0.544. The fourth-order valence-electron chi connectivity index (χ4n) is 3.25. The zero-order valence-electron chi connectivity index (χ0n) is 16.2. The number of nitrogens with one attached hydrogen (secondary N) is 1. The highest BCUT2D eigenvalue weighted by molar-refractivity contribution is 5.66. The van der Waals surface area contributed by atoms with E-state index < -0.39 is 0 Å². The van der Waals surface area contributed by atoms with E-state index in [4.69, 9.17) is 9.72 Å². The van der Waals surface area contributed by atoms with Crippen molar-refractivity contribution in [2.45, 2.75) is 13.5 Å². The highest BCUT2D eigenvalue weighted by Gasteiger charge is 2.09. The number of aromatic nitrogens is 2. The van der Waals surface area contributed by atoms with Crippen molar-refractivity contribution in [3.63, 3.8) is 0 Å². The molecule has 2 heterocycles. The van der Waals surface area contributed by atoms with Gasteiger partial charge in [0.1, 0.15) is 12.4 Å². The topological polar surface area (TPSA) is 50.3 Å². The summed E-state index contributed by atoms with van der Waals surface area (Å²) in [6.07, 6.45) is 6.06. The molecule has 0 amide bonds. The molecule has 2 aromatic carbocycles. The minimum absolute atomic E-state index is 0.544. The first kappa shape index (κ1) is 18.2. The van der Waals surface area contributed by atoms with Crippen LogP contribution in [0, 0.1) is 6.92 Å². The Balaban J connectivity index is 1.74. The molecule has 6 bridgehead atoms. The molecule has 0 atom stereocenters. The summed E-state index contributed by atoms with van der Waals surface area (Å²) >= 11 is 0. The van der Waals surface area contributed by atoms with Crippen LogP contribution in [0.4, 0.5) is 11.6 Å². The second kappa shape index (κ2) is 8.23. The molecule has 1 aromatic heterocycles. The van der Waals surface area contributed by atoms with E-state index in [1.54, 1.807) is 0 Å². The van der Waals surface area contributed by atoms with Crippen molar-refractivity contribution >= 4 is 11.6 Å². The van der Waals surface area contributed by atoms with Gasteiger partial charge in [0, 0.05) is 30.5 Å². The van der Waals surface area contributed by atoms with Crippen molar-refractivity contribution in [1.29, 1.82) is 0 Å². The van der Waals surface area contributed by atoms with Crippen LogP contribution in [0.25, 0.3) is 11.3 Å². The predicted octanol–water partition coefficient (Wildman–Crippen LogP) is 4.58. The van der Waals surface area contributed by atoms with E-state index in [-0.39, 0.29) is 0 Å². The average Bonchev–Trinajstić information content (AvgIpc) is 2.69. The van der Waals surface area contributed by atoms with E-state index in [0.717, 1.165) is 41.3 Å². The van der Waals surface area contributed by atoms with E-state index in [1.807, 2.05) is 43.5 Å². The summed E-state index contributed by atoms with van der Waals surface area (Å²) < 4.78 is 5.89. The van der Waals surface area contributed by atoms with Gasteiger partial charge in [-0.2, -0.15) is 0 Å². The maximum atomic E-state index is 5.89. The standard InChI is InChI=1S/C23H24N4O/c1-17-15-24-23-25-20-9-5-7-18(13-20)16-27(2)11-3-4-12-28-21-10-6-8-19(14-21)22(17)26-23/h3-10,13-15H,11-12,16H2,1-2H3,(H,24,25,26)/b4-3+. The molecule has 5 nitrogen and oxygen atoms in total. The van der Waals surface area contributed by atoms with Gasteiger partial charge in [-0.15, -0.1) is 0 Å². The van der Waals surface area contributed by atoms with Crippen LogP contribution in [0.1, 0.15) is 11.1 Å². The van der Waals surface area contributed by atoms with Crippen LogP contribution in [0.2, 0.25) is 0 Å². The van der Waals surface area contributed by atoms with Crippen molar-refractivity contribution in [2.75, 3.05) is 25.5 Å². The molecule has 28 heavy (non-hydrogen) atoms. The molecule has 1 aliphatic heterocycles. The third kappa shape index (κ3) is 4.38. The summed E-state index contributed by atoms with van der Waals surface area (Å²) in [5, 5.41) is 3.34. The molecule has 0 saturated heterocycles. The lowest BCUT2D eigenvalue weighted by Crippen LogP contribution is -2.17. The zero-order valence-corrected chi connectivity index (χ0v) is 16.2. The summed E-state index contributed by atoms with van der Waals surface area (Å²) in [5.41, 5.74) is 5.16. The quantitative estimate of drug-likeness (QED) is 0.586. The number of benzene rings is 2. The number of ether oxygens (including phenoxy) is 1. The Bertz CT molecular complexity index is 999. The fraction of sp³-hybridized carbons (Fsp3) is 0.217. The van der Waals surface area contributed by atoms with Gasteiger partial charge in [-0.05, 0) is 49.4 Å². The van der Waals surface area contributed by atoms with Gasteiger partial charge in [-0.3, -0.25) is 4.90 Å². The Hall–Kier alpha value is -3.18. The Labute approximate surface area is 165 Å². The van der Waals surface area contributed by atoms with Crippen molar-refractivity contribution in [1.82, 2.24) is 14.9 Å². The summed E-state index contributed by atoms with van der Waals surface area (Å²) in [5.74, 6) is 1.42. The Morgan fingerprint density at radius 2 is 1.96 bits per heavy atom. The van der Waals surface area contributed by atoms with E-state index in [2.05, 4.69) is 52.6 Å². The minimum Gasteiger partial charge on any atom is -0.490 e. The highest BCUT2D eigenvalue weighted by atomic mass is 16.5. The van der Waals surface area contributed by atoms with Gasteiger partial charge in [0.05, 0.1) is 5.69 Å². The van der Waals surface area contributed by atoms with Crippen molar-refractivity contribution in [3.8, 4) is 17.0 Å². The smallest absolute Gasteiger partial charge is 0.227 e. The molecule has 1 aliphatic rings. The second-order valence-corrected chi connectivity index (χ2v) is 7.06. The molecule has 4 rings (SSSR count). The molecule has 3 aromatic rings. The van der Waals surface area contributed by atoms with E-state index in [1.165, 1.54) is 5.56 Å². The van der Waals surface area contributed by atoms with Crippen molar-refractivity contribution < 1.29 is 4.74 Å². The van der Waals surface area contributed by atoms with Gasteiger partial charge in [-0.1, -0.05) is 36.4 Å². The van der Waals surface area contributed by atoms with Crippen LogP contribution in [-0.4, -0.2) is 35.1 Å². The Morgan fingerprint density at radius 1 is 1.07 bits per heavy atom. The number of rotatable bonds is 0. The second-order valence-electron chi connectivity index (χ2n) is 7.06. The van der Waals surface area contributed by atoms with Gasteiger partial charge >= 0.3 is 0 Å². The highest BCUT2D eigenvalue weighted by Crippen LogP contribution is 2.26. The molecule has 5 heteroatoms. The number of hydrogen-bond donors (Lipinski definition) is 1. The summed E-state index contributed by atoms with van der Waals surface area (Å²) in [6, 6.07) is 16.4. The number of hydrogen-bond acceptors (Lipinski definition) is 5. The third-order valence-corrected chi connectivity index (χ3v) is 4.64. The van der Waals surface area contributed by atoms with Crippen LogP contribution in [-0.2, 0) is 6.54 Å². The fourth-order valence-corrected chi connectivity index (χ4v) is 3.25. The molecule has 1 N–H and O–H groups in total. The van der Waals surface area contributed by atoms with Crippen molar-refractivity contribution in [3.05, 3.63) is 78.0 Å². The lowest BCUT2D eigenvalue weighted by atomic mass is 10.1. The van der Waals surface area contributed by atoms with E-state index >= 15 is 0 Å². The lowest BCUT2D eigenvalue weighted by Gasteiger charge is -2.15. The molecule has 0 saturated carbocycles. The molecule has 0 fully saturated rings. The number of likely N-dealkylation sites (N-methyl/N-ethyl adjacent to an activating group) is 1. The average molecular weight is 372 g/mol. The molecule has 142 valence electrons. The maximum Gasteiger partial charge on any atom is 0.227 e. The summed E-state index contributed by atoms with van der Waals surface area (Å²) in [4.78, 5) is 11.5. The third-order valence-electron chi connectivity index (χ3n) is 4.64. The SMILES string of the molecule is Cc1cnc2nc1-c1cccc(c1)OC/C=C/CN(C)Cc1cccc(c1)N2. The first-order valence-corrected chi connectivity index (χ1v) is 9.44. The van der Waals surface area contributed by atoms with E-state index in [9.17, 15) is 0 Å². The lowest BCUT2D eigenvalue weighted by molar-refractivity contribution is 0.352. The summed E-state index contributed by atoms with van der Waals surface area (Å²) in [6.45, 7) is 4.29. The van der Waals surface area contributed by atoms with Crippen LogP contribution in [0.5, 0.6) is 5.75 Å². The monoisotopic (exact) mass is 372 g/mol. The first-order chi connectivity index (χ1) is 13.7. The number of fused-ring (bicyclic) bond motifs is 7. The zero-order chi connectivity index (χ0) is 19.3. The molecular weight excluding hydrogens is 348 g/mol.